The maximum absolute atomic E-state index is 12.0. The van der Waals surface area contributed by atoms with E-state index in [0.717, 1.165) is 31.6 Å². The first-order chi connectivity index (χ1) is 8.66. The summed E-state index contributed by atoms with van der Waals surface area (Å²) in [5.74, 6) is 0.133. The summed E-state index contributed by atoms with van der Waals surface area (Å²) in [4.78, 5) is 23.1. The van der Waals surface area contributed by atoms with Crippen molar-refractivity contribution in [1.82, 2.24) is 5.32 Å². The normalized spacial score (nSPS) is 19.3. The fourth-order valence-electron chi connectivity index (χ4n) is 2.11. The Balaban J connectivity index is 1.96. The summed E-state index contributed by atoms with van der Waals surface area (Å²) in [7, 11) is 0. The summed E-state index contributed by atoms with van der Waals surface area (Å²) in [6.45, 7) is 3.27. The Morgan fingerprint density at radius 3 is 2.56 bits per heavy atom. The van der Waals surface area contributed by atoms with Crippen LogP contribution in [0, 0.1) is 5.92 Å². The molecule has 0 aliphatic carbocycles. The zero-order chi connectivity index (χ0) is 13.0. The standard InChI is InChI=1S/C14H18N2O2/c1-10(17)11-4-6-13(7-5-11)16-14(18)12-3-2-8-15-9-12/h4-7,12,15H,2-3,8-9H2,1H3,(H,16,18)/t12-/m0/s1. The van der Waals surface area contributed by atoms with Crippen LogP contribution in [-0.2, 0) is 4.79 Å². The molecule has 1 fully saturated rings. The lowest BCUT2D eigenvalue weighted by Gasteiger charge is -2.21. The van der Waals surface area contributed by atoms with Gasteiger partial charge in [0.2, 0.25) is 5.91 Å². The molecule has 18 heavy (non-hydrogen) atoms. The molecule has 96 valence electrons. The maximum Gasteiger partial charge on any atom is 0.228 e. The van der Waals surface area contributed by atoms with Gasteiger partial charge >= 0.3 is 0 Å². The summed E-state index contributed by atoms with van der Waals surface area (Å²) in [6.07, 6.45) is 1.98. The highest BCUT2D eigenvalue weighted by atomic mass is 16.2. The van der Waals surface area contributed by atoms with Crippen LogP contribution >= 0.6 is 0 Å². The van der Waals surface area contributed by atoms with Crippen LogP contribution in [0.2, 0.25) is 0 Å². The Morgan fingerprint density at radius 1 is 1.28 bits per heavy atom. The van der Waals surface area contributed by atoms with Gasteiger partial charge in [-0.25, -0.2) is 0 Å². The first-order valence-corrected chi connectivity index (χ1v) is 6.29. The predicted molar refractivity (Wildman–Crippen MR) is 70.7 cm³/mol. The van der Waals surface area contributed by atoms with Crippen molar-refractivity contribution >= 4 is 17.4 Å². The van der Waals surface area contributed by atoms with Gasteiger partial charge in [0.1, 0.15) is 0 Å². The molecule has 0 unspecified atom stereocenters. The lowest BCUT2D eigenvalue weighted by atomic mass is 9.99. The number of carbonyl (C=O) groups excluding carboxylic acids is 2. The summed E-state index contributed by atoms with van der Waals surface area (Å²) in [5, 5.41) is 6.11. The number of carbonyl (C=O) groups is 2. The van der Waals surface area contributed by atoms with Gasteiger partial charge in [-0.1, -0.05) is 0 Å². The molecule has 0 aromatic heterocycles. The smallest absolute Gasteiger partial charge is 0.228 e. The van der Waals surface area contributed by atoms with Gasteiger partial charge in [-0.15, -0.1) is 0 Å². The molecule has 1 atom stereocenters. The number of ketones is 1. The van der Waals surface area contributed by atoms with Crippen molar-refractivity contribution in [1.29, 1.82) is 0 Å². The maximum atomic E-state index is 12.0. The minimum Gasteiger partial charge on any atom is -0.326 e. The van der Waals surface area contributed by atoms with E-state index < -0.39 is 0 Å². The van der Waals surface area contributed by atoms with E-state index in [1.54, 1.807) is 24.3 Å². The molecule has 1 saturated heterocycles. The Bertz CT molecular complexity index is 434. The number of amides is 1. The van der Waals surface area contributed by atoms with E-state index in [4.69, 9.17) is 0 Å². The molecule has 1 aliphatic rings. The van der Waals surface area contributed by atoms with Gasteiger partial charge in [-0.05, 0) is 50.6 Å². The van der Waals surface area contributed by atoms with Gasteiger partial charge in [0.05, 0.1) is 5.92 Å². The van der Waals surface area contributed by atoms with E-state index in [2.05, 4.69) is 10.6 Å². The molecule has 4 heteroatoms. The molecule has 0 radical (unpaired) electrons. The van der Waals surface area contributed by atoms with Crippen LogP contribution in [0.5, 0.6) is 0 Å². The quantitative estimate of drug-likeness (QED) is 0.800. The summed E-state index contributed by atoms with van der Waals surface area (Å²) in [6, 6.07) is 7.00. The Morgan fingerprint density at radius 2 is 2.00 bits per heavy atom. The molecule has 0 bridgehead atoms. The number of hydrogen-bond donors (Lipinski definition) is 2. The second-order valence-electron chi connectivity index (χ2n) is 4.67. The van der Waals surface area contributed by atoms with E-state index >= 15 is 0 Å². The van der Waals surface area contributed by atoms with Crippen LogP contribution in [0.25, 0.3) is 0 Å². The third kappa shape index (κ3) is 3.17. The summed E-state index contributed by atoms with van der Waals surface area (Å²) >= 11 is 0. The van der Waals surface area contributed by atoms with Gasteiger partial charge in [-0.2, -0.15) is 0 Å². The highest BCUT2D eigenvalue weighted by Gasteiger charge is 2.20. The van der Waals surface area contributed by atoms with Gasteiger partial charge in [0.15, 0.2) is 5.78 Å². The molecule has 1 aromatic carbocycles. The largest absolute Gasteiger partial charge is 0.326 e. The number of rotatable bonds is 3. The number of anilines is 1. The van der Waals surface area contributed by atoms with Gasteiger partial charge in [0, 0.05) is 17.8 Å². The molecule has 0 spiro atoms. The molecule has 1 aliphatic heterocycles. The number of nitrogens with one attached hydrogen (secondary N) is 2. The zero-order valence-electron chi connectivity index (χ0n) is 10.5. The van der Waals surface area contributed by atoms with Crippen molar-refractivity contribution in [3.63, 3.8) is 0 Å². The van der Waals surface area contributed by atoms with Crippen LogP contribution in [-0.4, -0.2) is 24.8 Å². The first-order valence-electron chi connectivity index (χ1n) is 6.29. The van der Waals surface area contributed by atoms with E-state index in [1.165, 1.54) is 6.92 Å². The van der Waals surface area contributed by atoms with Gasteiger partial charge < -0.3 is 10.6 Å². The summed E-state index contributed by atoms with van der Waals surface area (Å²) < 4.78 is 0. The number of Topliss-reactive ketones (excluding diaryl/α,β-unsaturated/α-hetero) is 1. The van der Waals surface area contributed by atoms with Crippen molar-refractivity contribution in [2.24, 2.45) is 5.92 Å². The molecular formula is C14H18N2O2. The number of hydrogen-bond acceptors (Lipinski definition) is 3. The van der Waals surface area contributed by atoms with Crippen molar-refractivity contribution in [3.05, 3.63) is 29.8 Å². The van der Waals surface area contributed by atoms with E-state index in [0.29, 0.717) is 5.56 Å². The molecule has 0 saturated carbocycles. The monoisotopic (exact) mass is 246 g/mol. The van der Waals surface area contributed by atoms with Gasteiger partial charge in [-0.3, -0.25) is 9.59 Å². The predicted octanol–water partition coefficient (Wildman–Crippen LogP) is 1.83. The Kier molecular flexibility index (Phi) is 4.10. The van der Waals surface area contributed by atoms with Crippen LogP contribution in [0.4, 0.5) is 5.69 Å². The lowest BCUT2D eigenvalue weighted by Crippen LogP contribution is -2.37. The fraction of sp³-hybridized carbons (Fsp3) is 0.429. The van der Waals surface area contributed by atoms with E-state index in [-0.39, 0.29) is 17.6 Å². The van der Waals surface area contributed by atoms with Crippen molar-refractivity contribution in [2.75, 3.05) is 18.4 Å². The second-order valence-corrected chi connectivity index (χ2v) is 4.67. The Hall–Kier alpha value is -1.68. The molecule has 1 aromatic rings. The average Bonchev–Trinajstić information content (AvgIpc) is 2.40. The summed E-state index contributed by atoms with van der Waals surface area (Å²) in [5.41, 5.74) is 1.41. The van der Waals surface area contributed by atoms with Crippen molar-refractivity contribution in [3.8, 4) is 0 Å². The zero-order valence-corrected chi connectivity index (χ0v) is 10.5. The van der Waals surface area contributed by atoms with E-state index in [1.807, 2.05) is 0 Å². The van der Waals surface area contributed by atoms with Gasteiger partial charge in [0.25, 0.3) is 0 Å². The third-order valence-electron chi connectivity index (χ3n) is 3.23. The molecular weight excluding hydrogens is 228 g/mol. The molecule has 1 heterocycles. The number of piperidine rings is 1. The average molecular weight is 246 g/mol. The van der Waals surface area contributed by atoms with Crippen LogP contribution in [0.1, 0.15) is 30.1 Å². The van der Waals surface area contributed by atoms with Crippen LogP contribution in [0.3, 0.4) is 0 Å². The fourth-order valence-corrected chi connectivity index (χ4v) is 2.11. The minimum atomic E-state index is 0.0318. The third-order valence-corrected chi connectivity index (χ3v) is 3.23. The van der Waals surface area contributed by atoms with Crippen molar-refractivity contribution in [2.45, 2.75) is 19.8 Å². The molecule has 2 N–H and O–H groups in total. The van der Waals surface area contributed by atoms with E-state index in [9.17, 15) is 9.59 Å². The second kappa shape index (κ2) is 5.78. The van der Waals surface area contributed by atoms with Crippen molar-refractivity contribution < 1.29 is 9.59 Å². The SMILES string of the molecule is CC(=O)c1ccc(NC(=O)[C@H]2CCCNC2)cc1. The highest BCUT2D eigenvalue weighted by molar-refractivity contribution is 5.96. The minimum absolute atomic E-state index is 0.0318. The molecule has 2 rings (SSSR count). The number of benzene rings is 1. The topological polar surface area (TPSA) is 58.2 Å². The molecule has 4 nitrogen and oxygen atoms in total. The highest BCUT2D eigenvalue weighted by Crippen LogP contribution is 2.15. The van der Waals surface area contributed by atoms with Crippen LogP contribution in [0.15, 0.2) is 24.3 Å². The molecule has 1 amide bonds. The van der Waals surface area contributed by atoms with Crippen LogP contribution < -0.4 is 10.6 Å². The lowest BCUT2D eigenvalue weighted by molar-refractivity contribution is -0.120. The Labute approximate surface area is 107 Å². The first kappa shape index (κ1) is 12.8.